The Morgan fingerprint density at radius 3 is 0.937 bits per heavy atom. The molecule has 0 N–H and O–H groups in total. The van der Waals surface area contributed by atoms with Crippen molar-refractivity contribution in [2.24, 2.45) is 0 Å². The minimum atomic E-state index is -0.788. The fourth-order valence-corrected chi connectivity index (χ4v) is 7.35. The topological polar surface area (TPSA) is 78.9 Å². The Balaban J connectivity index is 4.41. The molecule has 0 saturated heterocycles. The predicted octanol–water partition coefficient (Wildman–Crippen LogP) is 17.6. The summed E-state index contributed by atoms with van der Waals surface area (Å²) in [4.78, 5) is 38.0. The van der Waals surface area contributed by atoms with Crippen molar-refractivity contribution < 1.29 is 28.6 Å². The molecule has 63 heavy (non-hydrogen) atoms. The molecule has 6 nitrogen and oxygen atoms in total. The van der Waals surface area contributed by atoms with Crippen LogP contribution in [0.2, 0.25) is 0 Å². The summed E-state index contributed by atoms with van der Waals surface area (Å²) < 4.78 is 16.8. The first kappa shape index (κ1) is 60.1. The van der Waals surface area contributed by atoms with Crippen LogP contribution in [-0.4, -0.2) is 37.2 Å². The molecule has 0 bridgehead atoms. The van der Waals surface area contributed by atoms with Gasteiger partial charge in [0, 0.05) is 19.3 Å². The molecule has 1 atom stereocenters. The van der Waals surface area contributed by atoms with Gasteiger partial charge in [-0.15, -0.1) is 0 Å². The molecular formula is C57H100O6. The second-order valence-electron chi connectivity index (χ2n) is 17.8. The lowest BCUT2D eigenvalue weighted by Gasteiger charge is -2.18. The van der Waals surface area contributed by atoms with Gasteiger partial charge in [-0.2, -0.15) is 0 Å². The number of rotatable bonds is 48. The highest BCUT2D eigenvalue weighted by Gasteiger charge is 2.19. The van der Waals surface area contributed by atoms with Gasteiger partial charge < -0.3 is 14.2 Å². The standard InChI is InChI=1S/C57H100O6/c1-4-7-10-13-16-19-22-25-28-29-30-33-35-38-41-44-47-50-56(59)62-53-54(63-57(60)51-48-45-42-39-36-32-27-24-21-18-15-12-9-6-3)52-61-55(58)49-46-43-40-37-34-31-26-23-20-17-14-11-8-5-2/h14-15,17-18,23-28,54H,4-13,16,19-22,29-53H2,1-3H3/b17-14-,18-15-,26-23-,27-24-,28-25-/t54-/m1/s1. The molecule has 0 rings (SSSR count). The molecule has 0 aromatic carbocycles. The van der Waals surface area contributed by atoms with Crippen LogP contribution in [0.5, 0.6) is 0 Å². The minimum Gasteiger partial charge on any atom is -0.462 e. The van der Waals surface area contributed by atoms with E-state index < -0.39 is 6.10 Å². The molecule has 6 heteroatoms. The third-order valence-electron chi connectivity index (χ3n) is 11.5. The van der Waals surface area contributed by atoms with Gasteiger partial charge in [0.25, 0.3) is 0 Å². The van der Waals surface area contributed by atoms with Gasteiger partial charge in [-0.25, -0.2) is 0 Å². The Morgan fingerprint density at radius 2 is 0.587 bits per heavy atom. The van der Waals surface area contributed by atoms with Gasteiger partial charge in [-0.05, 0) is 96.3 Å². The Bertz CT molecular complexity index is 1150. The summed E-state index contributed by atoms with van der Waals surface area (Å²) in [5, 5.41) is 0. The van der Waals surface area contributed by atoms with Gasteiger partial charge >= 0.3 is 17.9 Å². The van der Waals surface area contributed by atoms with Crippen molar-refractivity contribution in [1.82, 2.24) is 0 Å². The maximum absolute atomic E-state index is 12.8. The summed E-state index contributed by atoms with van der Waals surface area (Å²) >= 11 is 0. The van der Waals surface area contributed by atoms with E-state index in [9.17, 15) is 14.4 Å². The summed E-state index contributed by atoms with van der Waals surface area (Å²) in [7, 11) is 0. The number of allylic oxidation sites excluding steroid dienone is 10. The summed E-state index contributed by atoms with van der Waals surface area (Å²) in [6.45, 7) is 6.54. The summed E-state index contributed by atoms with van der Waals surface area (Å²) in [6.07, 6.45) is 63.4. The number of carbonyl (C=O) groups excluding carboxylic acids is 3. The maximum Gasteiger partial charge on any atom is 0.306 e. The Labute approximate surface area is 390 Å². The van der Waals surface area contributed by atoms with E-state index in [1.54, 1.807) is 0 Å². The quantitative estimate of drug-likeness (QED) is 0.0262. The van der Waals surface area contributed by atoms with Crippen molar-refractivity contribution in [3.63, 3.8) is 0 Å². The highest BCUT2D eigenvalue weighted by atomic mass is 16.6. The van der Waals surface area contributed by atoms with Crippen LogP contribution in [0.1, 0.15) is 265 Å². The van der Waals surface area contributed by atoms with Gasteiger partial charge in [0.15, 0.2) is 6.10 Å². The molecule has 364 valence electrons. The monoisotopic (exact) mass is 881 g/mol. The van der Waals surface area contributed by atoms with Crippen molar-refractivity contribution in [3.05, 3.63) is 60.8 Å². The Hall–Kier alpha value is -2.89. The third-order valence-corrected chi connectivity index (χ3v) is 11.5. The molecular weight excluding hydrogens is 781 g/mol. The van der Waals surface area contributed by atoms with E-state index in [4.69, 9.17) is 14.2 Å². The van der Waals surface area contributed by atoms with Gasteiger partial charge in [0.2, 0.25) is 0 Å². The molecule has 0 aromatic heterocycles. The molecule has 0 unspecified atom stereocenters. The average molecular weight is 881 g/mol. The first-order valence-electron chi connectivity index (χ1n) is 26.8. The predicted molar refractivity (Wildman–Crippen MR) is 270 cm³/mol. The zero-order valence-electron chi connectivity index (χ0n) is 41.6. The van der Waals surface area contributed by atoms with Crippen LogP contribution < -0.4 is 0 Å². The van der Waals surface area contributed by atoms with Crippen molar-refractivity contribution in [2.75, 3.05) is 13.2 Å². The second-order valence-corrected chi connectivity index (χ2v) is 17.8. The number of unbranched alkanes of at least 4 members (excludes halogenated alkanes) is 27. The zero-order valence-corrected chi connectivity index (χ0v) is 41.6. The lowest BCUT2D eigenvalue weighted by atomic mass is 10.1. The van der Waals surface area contributed by atoms with Crippen molar-refractivity contribution >= 4 is 17.9 Å². The second kappa shape index (κ2) is 51.7. The molecule has 0 aliphatic carbocycles. The summed E-state index contributed by atoms with van der Waals surface area (Å²) in [5.74, 6) is -0.914. The molecule has 0 heterocycles. The van der Waals surface area contributed by atoms with E-state index in [1.165, 1.54) is 122 Å². The van der Waals surface area contributed by atoms with Crippen LogP contribution >= 0.6 is 0 Å². The molecule has 0 spiro atoms. The van der Waals surface area contributed by atoms with Crippen LogP contribution in [0.15, 0.2) is 60.8 Å². The Kier molecular flexibility index (Phi) is 49.4. The van der Waals surface area contributed by atoms with Crippen molar-refractivity contribution in [3.8, 4) is 0 Å². The van der Waals surface area contributed by atoms with E-state index >= 15 is 0 Å². The largest absolute Gasteiger partial charge is 0.462 e. The van der Waals surface area contributed by atoms with Crippen LogP contribution in [0, 0.1) is 0 Å². The van der Waals surface area contributed by atoms with Crippen LogP contribution in [-0.2, 0) is 28.6 Å². The lowest BCUT2D eigenvalue weighted by Crippen LogP contribution is -2.30. The van der Waals surface area contributed by atoms with Crippen molar-refractivity contribution in [2.45, 2.75) is 271 Å². The highest BCUT2D eigenvalue weighted by molar-refractivity contribution is 5.71. The lowest BCUT2D eigenvalue weighted by molar-refractivity contribution is -0.167. The third kappa shape index (κ3) is 50.0. The minimum absolute atomic E-state index is 0.0864. The van der Waals surface area contributed by atoms with E-state index in [2.05, 4.69) is 81.5 Å². The van der Waals surface area contributed by atoms with Crippen LogP contribution in [0.4, 0.5) is 0 Å². The number of esters is 3. The first-order chi connectivity index (χ1) is 31.0. The normalized spacial score (nSPS) is 12.5. The highest BCUT2D eigenvalue weighted by Crippen LogP contribution is 2.14. The average Bonchev–Trinajstić information content (AvgIpc) is 3.28. The molecule has 0 fully saturated rings. The Morgan fingerprint density at radius 1 is 0.317 bits per heavy atom. The number of carbonyl (C=O) groups is 3. The van der Waals surface area contributed by atoms with Gasteiger partial charge in [-0.1, -0.05) is 210 Å². The fraction of sp³-hybridized carbons (Fsp3) is 0.772. The van der Waals surface area contributed by atoms with Gasteiger partial charge in [-0.3, -0.25) is 14.4 Å². The van der Waals surface area contributed by atoms with E-state index in [-0.39, 0.29) is 31.1 Å². The zero-order chi connectivity index (χ0) is 45.8. The number of hydrogen-bond donors (Lipinski definition) is 0. The molecule has 0 aliphatic rings. The summed E-state index contributed by atoms with van der Waals surface area (Å²) in [5.41, 5.74) is 0. The van der Waals surface area contributed by atoms with E-state index in [0.29, 0.717) is 19.3 Å². The molecule has 0 amide bonds. The number of hydrogen-bond acceptors (Lipinski definition) is 6. The smallest absolute Gasteiger partial charge is 0.306 e. The van der Waals surface area contributed by atoms with Gasteiger partial charge in [0.05, 0.1) is 0 Å². The van der Waals surface area contributed by atoms with Crippen LogP contribution in [0.25, 0.3) is 0 Å². The molecule has 0 aliphatic heterocycles. The SMILES string of the molecule is CCCC/C=C\C/C=C\CCCCCCCC(=O)OC[C@H](COC(=O)CCCCCCCCC/C=C\CCCCCCCC)OC(=O)CCCCCCC/C=C\C/C=C\CCCC. The fourth-order valence-electron chi connectivity index (χ4n) is 7.35. The van der Waals surface area contributed by atoms with Crippen molar-refractivity contribution in [1.29, 1.82) is 0 Å². The van der Waals surface area contributed by atoms with Crippen LogP contribution in [0.3, 0.4) is 0 Å². The van der Waals surface area contributed by atoms with E-state index in [1.807, 2.05) is 0 Å². The first-order valence-corrected chi connectivity index (χ1v) is 26.8. The molecule has 0 radical (unpaired) electrons. The summed E-state index contributed by atoms with van der Waals surface area (Å²) in [6, 6.07) is 0. The molecule has 0 aromatic rings. The number of ether oxygens (including phenoxy) is 3. The maximum atomic E-state index is 12.8. The van der Waals surface area contributed by atoms with E-state index in [0.717, 1.165) is 103 Å². The van der Waals surface area contributed by atoms with Gasteiger partial charge in [0.1, 0.15) is 13.2 Å². The molecule has 0 saturated carbocycles.